The standard InChI is InChI=1S/C6H15O3SSi.K/c1-7-11(8-2)9-5-3-4-6-10;/h10H,3-6H2,1-2H3;/q-1;+1. The van der Waals surface area contributed by atoms with E-state index in [0.29, 0.717) is 6.61 Å². The van der Waals surface area contributed by atoms with Gasteiger partial charge in [-0.25, -0.2) is 0 Å². The van der Waals surface area contributed by atoms with E-state index in [-0.39, 0.29) is 51.4 Å². The first-order valence-corrected chi connectivity index (χ1v) is 5.39. The Labute approximate surface area is 124 Å². The van der Waals surface area contributed by atoms with Crippen molar-refractivity contribution in [1.82, 2.24) is 0 Å². The molecule has 3 nitrogen and oxygen atoms in total. The van der Waals surface area contributed by atoms with Crippen LogP contribution < -0.4 is 51.4 Å². The summed E-state index contributed by atoms with van der Waals surface area (Å²) in [4.78, 5) is 0. The van der Waals surface area contributed by atoms with Crippen LogP contribution in [0.1, 0.15) is 12.8 Å². The van der Waals surface area contributed by atoms with Crippen LogP contribution in [0.4, 0.5) is 0 Å². The quantitative estimate of drug-likeness (QED) is 0.314. The summed E-state index contributed by atoms with van der Waals surface area (Å²) in [5.74, 6) is 0.908. The number of hydrogen-bond acceptors (Lipinski definition) is 4. The molecule has 0 rings (SSSR count). The van der Waals surface area contributed by atoms with Gasteiger partial charge in [0.2, 0.25) is 9.53 Å². The van der Waals surface area contributed by atoms with Crippen molar-refractivity contribution in [3.05, 3.63) is 0 Å². The summed E-state index contributed by atoms with van der Waals surface area (Å²) >= 11 is 4.08. The van der Waals surface area contributed by atoms with Crippen molar-refractivity contribution >= 4 is 22.2 Å². The van der Waals surface area contributed by atoms with Crippen molar-refractivity contribution in [1.29, 1.82) is 0 Å². The summed E-state index contributed by atoms with van der Waals surface area (Å²) < 4.78 is 15.1. The first-order valence-electron chi connectivity index (χ1n) is 3.53. The van der Waals surface area contributed by atoms with Gasteiger partial charge in [0.1, 0.15) is 0 Å². The molecular formula is C6H15KO3SSi. The topological polar surface area (TPSA) is 27.7 Å². The molecule has 6 heteroatoms. The van der Waals surface area contributed by atoms with Gasteiger partial charge in [-0.3, -0.25) is 0 Å². The summed E-state index contributed by atoms with van der Waals surface area (Å²) in [6, 6.07) is 0. The zero-order valence-corrected chi connectivity index (χ0v) is 13.0. The number of thiol groups is 1. The second-order valence-corrected chi connectivity index (χ2v) is 3.99. The Morgan fingerprint density at radius 2 is 1.75 bits per heavy atom. The molecule has 0 atom stereocenters. The van der Waals surface area contributed by atoms with Gasteiger partial charge in [-0.05, 0) is 32.8 Å². The fourth-order valence-corrected chi connectivity index (χ4v) is 1.51. The Balaban J connectivity index is 0. The fourth-order valence-electron chi connectivity index (χ4n) is 0.571. The third-order valence-corrected chi connectivity index (χ3v) is 2.53. The molecule has 68 valence electrons. The molecule has 0 bridgehead atoms. The van der Waals surface area contributed by atoms with Gasteiger partial charge < -0.3 is 13.3 Å². The van der Waals surface area contributed by atoms with Crippen LogP contribution in [-0.2, 0) is 13.3 Å². The molecule has 12 heavy (non-hydrogen) atoms. The van der Waals surface area contributed by atoms with E-state index in [1.54, 1.807) is 14.2 Å². The van der Waals surface area contributed by atoms with Gasteiger partial charge in [-0.1, -0.05) is 0 Å². The first kappa shape index (κ1) is 16.5. The molecule has 0 aliphatic carbocycles. The van der Waals surface area contributed by atoms with Crippen LogP contribution >= 0.6 is 12.6 Å². The normalized spacial score (nSPS) is 10.0. The van der Waals surface area contributed by atoms with Gasteiger partial charge in [0, 0.05) is 6.61 Å². The van der Waals surface area contributed by atoms with Gasteiger partial charge in [0.25, 0.3) is 0 Å². The molecule has 0 spiro atoms. The zero-order chi connectivity index (χ0) is 8.53. The minimum atomic E-state index is -1.43. The van der Waals surface area contributed by atoms with Crippen molar-refractivity contribution in [2.75, 3.05) is 26.6 Å². The van der Waals surface area contributed by atoms with Crippen LogP contribution in [0.3, 0.4) is 0 Å². The molecule has 0 aliphatic heterocycles. The second kappa shape index (κ2) is 13.1. The minimum Gasteiger partial charge on any atom is -0.544 e. The summed E-state index contributed by atoms with van der Waals surface area (Å²) in [5, 5.41) is 0. The van der Waals surface area contributed by atoms with Gasteiger partial charge in [0.15, 0.2) is 0 Å². The average molecular weight is 234 g/mol. The molecule has 0 aliphatic rings. The Hall–Kier alpha value is 2.08. The minimum absolute atomic E-state index is 0. The molecular weight excluding hydrogens is 219 g/mol. The van der Waals surface area contributed by atoms with Gasteiger partial charge in [0.05, 0.1) is 0 Å². The monoisotopic (exact) mass is 234 g/mol. The van der Waals surface area contributed by atoms with E-state index < -0.39 is 9.53 Å². The van der Waals surface area contributed by atoms with E-state index in [0.717, 1.165) is 18.6 Å². The maximum Gasteiger partial charge on any atom is 1.00 e. The van der Waals surface area contributed by atoms with Crippen LogP contribution in [0, 0.1) is 0 Å². The molecule has 0 saturated heterocycles. The van der Waals surface area contributed by atoms with Crippen molar-refractivity contribution < 1.29 is 64.7 Å². The Morgan fingerprint density at radius 3 is 2.17 bits per heavy atom. The van der Waals surface area contributed by atoms with Crippen LogP contribution in [-0.4, -0.2) is 36.1 Å². The van der Waals surface area contributed by atoms with Crippen LogP contribution in [0.2, 0.25) is 0 Å². The van der Waals surface area contributed by atoms with Crippen molar-refractivity contribution in [3.63, 3.8) is 0 Å². The molecule has 0 saturated carbocycles. The zero-order valence-electron chi connectivity index (χ0n) is 8.00. The second-order valence-electron chi connectivity index (χ2n) is 1.94. The third-order valence-electron chi connectivity index (χ3n) is 1.11. The summed E-state index contributed by atoms with van der Waals surface area (Å²) in [6.07, 6.45) is 2.09. The van der Waals surface area contributed by atoms with Crippen molar-refractivity contribution in [3.8, 4) is 0 Å². The van der Waals surface area contributed by atoms with E-state index in [4.69, 9.17) is 13.3 Å². The fraction of sp³-hybridized carbons (Fsp3) is 1.00. The van der Waals surface area contributed by atoms with E-state index >= 15 is 0 Å². The predicted octanol–water partition coefficient (Wildman–Crippen LogP) is -2.01. The molecule has 0 aromatic heterocycles. The van der Waals surface area contributed by atoms with E-state index in [9.17, 15) is 0 Å². The van der Waals surface area contributed by atoms with Crippen LogP contribution in [0.5, 0.6) is 0 Å². The Morgan fingerprint density at radius 1 is 1.17 bits per heavy atom. The SMILES string of the molecule is CO[Si-](OC)OCCCCS.[K+]. The van der Waals surface area contributed by atoms with E-state index in [2.05, 4.69) is 12.6 Å². The summed E-state index contributed by atoms with van der Waals surface area (Å²) in [5.41, 5.74) is 0. The molecule has 0 unspecified atom stereocenters. The summed E-state index contributed by atoms with van der Waals surface area (Å²) in [7, 11) is 1.76. The number of rotatable bonds is 7. The molecule has 0 heterocycles. The number of unbranched alkanes of at least 4 members (excludes halogenated alkanes) is 1. The van der Waals surface area contributed by atoms with E-state index in [1.165, 1.54) is 0 Å². The average Bonchev–Trinajstić information content (AvgIpc) is 2.05. The van der Waals surface area contributed by atoms with Gasteiger partial charge in [-0.15, -0.1) is 0 Å². The largest absolute Gasteiger partial charge is 1.00 e. The van der Waals surface area contributed by atoms with Crippen molar-refractivity contribution in [2.45, 2.75) is 12.8 Å². The van der Waals surface area contributed by atoms with Crippen LogP contribution in [0.15, 0.2) is 0 Å². The molecule has 0 aromatic rings. The van der Waals surface area contributed by atoms with Crippen LogP contribution in [0.25, 0.3) is 0 Å². The molecule has 0 aromatic carbocycles. The first-order chi connectivity index (χ1) is 5.35. The van der Waals surface area contributed by atoms with Gasteiger partial charge in [-0.2, -0.15) is 12.6 Å². The maximum absolute atomic E-state index is 5.27. The van der Waals surface area contributed by atoms with E-state index in [1.807, 2.05) is 0 Å². The Bertz CT molecular complexity index is 85.2. The molecule has 0 fully saturated rings. The summed E-state index contributed by atoms with van der Waals surface area (Å²) in [6.45, 7) is 0.705. The van der Waals surface area contributed by atoms with Crippen molar-refractivity contribution in [2.24, 2.45) is 0 Å². The maximum atomic E-state index is 5.27. The number of hydrogen-bond donors (Lipinski definition) is 1. The third kappa shape index (κ3) is 10.2. The smallest absolute Gasteiger partial charge is 0.544 e. The predicted molar refractivity (Wildman–Crippen MR) is 48.8 cm³/mol. The molecule has 0 N–H and O–H groups in total. The van der Waals surface area contributed by atoms with Gasteiger partial charge >= 0.3 is 51.4 Å². The Kier molecular flexibility index (Phi) is 18.0. The molecule has 0 amide bonds. The molecule has 0 radical (unpaired) electrons.